The number of amides is 1. The average Bonchev–Trinajstić information content (AvgIpc) is 3.36. The molecule has 2 aromatic heterocycles. The lowest BCUT2D eigenvalue weighted by molar-refractivity contribution is -0.122. The molecule has 0 atom stereocenters. The minimum Gasteiger partial charge on any atom is -0.494 e. The third kappa shape index (κ3) is 4.43. The molecule has 8 heteroatoms. The molecule has 148 valence electrons. The van der Waals surface area contributed by atoms with Crippen LogP contribution in [0.2, 0.25) is 0 Å². The van der Waals surface area contributed by atoms with Gasteiger partial charge in [0.1, 0.15) is 12.3 Å². The summed E-state index contributed by atoms with van der Waals surface area (Å²) in [6, 6.07) is 15.6. The first-order valence-electron chi connectivity index (χ1n) is 9.55. The molecule has 29 heavy (non-hydrogen) atoms. The van der Waals surface area contributed by atoms with Gasteiger partial charge >= 0.3 is 0 Å². The van der Waals surface area contributed by atoms with Gasteiger partial charge in [-0.05, 0) is 54.5 Å². The van der Waals surface area contributed by atoms with Crippen LogP contribution in [0.1, 0.15) is 12.5 Å². The molecule has 0 spiro atoms. The van der Waals surface area contributed by atoms with Crippen molar-refractivity contribution in [2.24, 2.45) is 0 Å². The number of carbonyl (C=O) groups excluding carboxylic acids is 1. The molecule has 0 saturated carbocycles. The highest BCUT2D eigenvalue weighted by molar-refractivity contribution is 5.83. The smallest absolute Gasteiger partial charge is 0.243 e. The highest BCUT2D eigenvalue weighted by atomic mass is 16.5. The van der Waals surface area contributed by atoms with Crippen LogP contribution in [0.25, 0.3) is 22.3 Å². The summed E-state index contributed by atoms with van der Waals surface area (Å²) in [5.41, 5.74) is 3.10. The van der Waals surface area contributed by atoms with E-state index < -0.39 is 0 Å². The van der Waals surface area contributed by atoms with Crippen LogP contribution in [0.4, 0.5) is 0 Å². The van der Waals surface area contributed by atoms with Crippen molar-refractivity contribution >= 4 is 16.8 Å². The second-order valence-electron chi connectivity index (χ2n) is 6.56. The van der Waals surface area contributed by atoms with Crippen LogP contribution in [0.5, 0.6) is 5.75 Å². The summed E-state index contributed by atoms with van der Waals surface area (Å²) in [6.45, 7) is 3.12. The van der Waals surface area contributed by atoms with Gasteiger partial charge in [-0.3, -0.25) is 4.79 Å². The maximum absolute atomic E-state index is 12.2. The number of nitrogens with one attached hydrogen (secondary N) is 2. The van der Waals surface area contributed by atoms with Gasteiger partial charge in [-0.15, -0.1) is 10.2 Å². The molecular weight excluding hydrogens is 368 g/mol. The zero-order valence-corrected chi connectivity index (χ0v) is 16.1. The summed E-state index contributed by atoms with van der Waals surface area (Å²) in [4.78, 5) is 16.7. The number of ether oxygens (including phenoxy) is 1. The van der Waals surface area contributed by atoms with Crippen molar-refractivity contribution in [1.82, 2.24) is 30.5 Å². The highest BCUT2D eigenvalue weighted by Gasteiger charge is 2.10. The average molecular weight is 390 g/mol. The van der Waals surface area contributed by atoms with Gasteiger partial charge < -0.3 is 15.0 Å². The summed E-state index contributed by atoms with van der Waals surface area (Å²) >= 11 is 0. The van der Waals surface area contributed by atoms with E-state index in [1.807, 2.05) is 55.6 Å². The number of carbonyl (C=O) groups is 1. The fourth-order valence-electron chi connectivity index (χ4n) is 3.15. The zero-order valence-electron chi connectivity index (χ0n) is 16.1. The first-order valence-corrected chi connectivity index (χ1v) is 9.55. The van der Waals surface area contributed by atoms with Crippen molar-refractivity contribution in [3.8, 4) is 17.1 Å². The topological polar surface area (TPSA) is 97.7 Å². The SMILES string of the molecule is CCOc1ccc(-c2nnn(CC(=O)NCCc3c[nH]c4ccccc34)n2)cc1. The van der Waals surface area contributed by atoms with Crippen molar-refractivity contribution in [3.63, 3.8) is 0 Å². The summed E-state index contributed by atoms with van der Waals surface area (Å²) in [6.07, 6.45) is 2.73. The first-order chi connectivity index (χ1) is 14.2. The Morgan fingerprint density at radius 2 is 2.00 bits per heavy atom. The largest absolute Gasteiger partial charge is 0.494 e. The van der Waals surface area contributed by atoms with Gasteiger partial charge in [-0.1, -0.05) is 18.2 Å². The second-order valence-corrected chi connectivity index (χ2v) is 6.56. The molecule has 4 rings (SSSR count). The van der Waals surface area contributed by atoms with E-state index in [0.29, 0.717) is 19.0 Å². The minimum absolute atomic E-state index is 0.0257. The maximum Gasteiger partial charge on any atom is 0.243 e. The van der Waals surface area contributed by atoms with Gasteiger partial charge in [-0.2, -0.15) is 4.80 Å². The molecule has 0 bridgehead atoms. The molecular formula is C21H22N6O2. The van der Waals surface area contributed by atoms with E-state index in [1.165, 1.54) is 15.7 Å². The number of para-hydroxylation sites is 1. The number of rotatable bonds is 8. The summed E-state index contributed by atoms with van der Waals surface area (Å²) < 4.78 is 5.43. The number of fused-ring (bicyclic) bond motifs is 1. The Morgan fingerprint density at radius 1 is 1.17 bits per heavy atom. The Balaban J connectivity index is 1.30. The molecule has 0 aliphatic rings. The van der Waals surface area contributed by atoms with E-state index in [4.69, 9.17) is 4.74 Å². The lowest BCUT2D eigenvalue weighted by atomic mass is 10.1. The molecule has 1 amide bonds. The second kappa shape index (κ2) is 8.55. The van der Waals surface area contributed by atoms with Crippen molar-refractivity contribution < 1.29 is 9.53 Å². The normalized spacial score (nSPS) is 10.9. The molecule has 0 aliphatic heterocycles. The molecule has 0 fully saturated rings. The molecule has 4 aromatic rings. The third-order valence-electron chi connectivity index (χ3n) is 4.55. The Bertz CT molecular complexity index is 1100. The molecule has 8 nitrogen and oxygen atoms in total. The fourth-order valence-corrected chi connectivity index (χ4v) is 3.15. The number of hydrogen-bond donors (Lipinski definition) is 2. The molecule has 2 heterocycles. The van der Waals surface area contributed by atoms with Crippen LogP contribution in [0.15, 0.2) is 54.7 Å². The minimum atomic E-state index is -0.152. The number of aromatic amines is 1. The van der Waals surface area contributed by atoms with Gasteiger partial charge in [-0.25, -0.2) is 0 Å². The Hall–Kier alpha value is -3.68. The van der Waals surface area contributed by atoms with E-state index in [-0.39, 0.29) is 12.5 Å². The van der Waals surface area contributed by atoms with E-state index >= 15 is 0 Å². The van der Waals surface area contributed by atoms with Gasteiger partial charge in [0.2, 0.25) is 11.7 Å². The Labute approximate surface area is 167 Å². The van der Waals surface area contributed by atoms with Gasteiger partial charge in [0.25, 0.3) is 0 Å². The maximum atomic E-state index is 12.2. The zero-order chi connectivity index (χ0) is 20.1. The van der Waals surface area contributed by atoms with E-state index in [1.54, 1.807) is 0 Å². The highest BCUT2D eigenvalue weighted by Crippen LogP contribution is 2.19. The number of nitrogens with zero attached hydrogens (tertiary/aromatic N) is 4. The summed E-state index contributed by atoms with van der Waals surface area (Å²) in [7, 11) is 0. The van der Waals surface area contributed by atoms with Gasteiger partial charge in [0.15, 0.2) is 0 Å². The molecule has 0 aliphatic carbocycles. The Kier molecular flexibility index (Phi) is 5.51. The monoisotopic (exact) mass is 390 g/mol. The predicted molar refractivity (Wildman–Crippen MR) is 109 cm³/mol. The van der Waals surface area contributed by atoms with Crippen LogP contribution < -0.4 is 10.1 Å². The summed E-state index contributed by atoms with van der Waals surface area (Å²) in [5.74, 6) is 1.11. The number of hydrogen-bond acceptors (Lipinski definition) is 5. The third-order valence-corrected chi connectivity index (χ3v) is 4.55. The van der Waals surface area contributed by atoms with E-state index in [2.05, 4.69) is 31.8 Å². The number of aromatic nitrogens is 5. The lowest BCUT2D eigenvalue weighted by Crippen LogP contribution is -2.30. The van der Waals surface area contributed by atoms with Crippen LogP contribution in [-0.2, 0) is 17.8 Å². The van der Waals surface area contributed by atoms with Crippen LogP contribution in [-0.4, -0.2) is 44.3 Å². The standard InChI is InChI=1S/C21H22N6O2/c1-2-29-17-9-7-15(8-10-17)21-24-26-27(25-21)14-20(28)22-12-11-16-13-23-19-6-4-3-5-18(16)19/h3-10,13,23H,2,11-12,14H2,1H3,(H,22,28). The fraction of sp³-hybridized carbons (Fsp3) is 0.238. The molecule has 0 unspecified atom stereocenters. The predicted octanol–water partition coefficient (Wildman–Crippen LogP) is 2.58. The lowest BCUT2D eigenvalue weighted by Gasteiger charge is -2.04. The Morgan fingerprint density at radius 3 is 2.83 bits per heavy atom. The van der Waals surface area contributed by atoms with Crippen LogP contribution in [0.3, 0.4) is 0 Å². The molecule has 2 N–H and O–H groups in total. The van der Waals surface area contributed by atoms with Crippen molar-refractivity contribution in [2.75, 3.05) is 13.2 Å². The number of H-pyrrole nitrogens is 1. The van der Waals surface area contributed by atoms with Gasteiger partial charge in [0, 0.05) is 29.2 Å². The van der Waals surface area contributed by atoms with Gasteiger partial charge in [0.05, 0.1) is 6.61 Å². The molecule has 2 aromatic carbocycles. The van der Waals surface area contributed by atoms with Crippen molar-refractivity contribution in [2.45, 2.75) is 19.9 Å². The molecule has 0 saturated heterocycles. The first kappa shape index (κ1) is 18.7. The summed E-state index contributed by atoms with van der Waals surface area (Å²) in [5, 5.41) is 16.4. The van der Waals surface area contributed by atoms with Crippen molar-refractivity contribution in [3.05, 3.63) is 60.3 Å². The van der Waals surface area contributed by atoms with Crippen molar-refractivity contribution in [1.29, 1.82) is 0 Å². The quantitative estimate of drug-likeness (QED) is 0.482. The number of benzene rings is 2. The van der Waals surface area contributed by atoms with Crippen LogP contribution in [0, 0.1) is 0 Å². The van der Waals surface area contributed by atoms with E-state index in [9.17, 15) is 4.79 Å². The van der Waals surface area contributed by atoms with Crippen LogP contribution >= 0.6 is 0 Å². The number of tetrazole rings is 1. The van der Waals surface area contributed by atoms with E-state index in [0.717, 1.165) is 23.3 Å². The molecule has 0 radical (unpaired) electrons.